The molecular formula is C18H19N3O6S. The number of para-hydroxylation sites is 1. The molecule has 0 radical (unpaired) electrons. The number of hydrogen-bond donors (Lipinski definition) is 1. The van der Waals surface area contributed by atoms with Gasteiger partial charge in [-0.05, 0) is 37.1 Å². The lowest BCUT2D eigenvalue weighted by Crippen LogP contribution is -2.35. The average molecular weight is 405 g/mol. The van der Waals surface area contributed by atoms with E-state index in [-0.39, 0.29) is 22.0 Å². The van der Waals surface area contributed by atoms with Crippen LogP contribution in [0.25, 0.3) is 0 Å². The van der Waals surface area contributed by atoms with Gasteiger partial charge in [-0.1, -0.05) is 18.6 Å². The van der Waals surface area contributed by atoms with E-state index in [4.69, 9.17) is 10.5 Å². The molecule has 10 heteroatoms. The van der Waals surface area contributed by atoms with Gasteiger partial charge < -0.3 is 10.5 Å². The molecule has 1 aliphatic heterocycles. The summed E-state index contributed by atoms with van der Waals surface area (Å²) in [5, 5.41) is 11.5. The molecule has 0 bridgehead atoms. The Balaban J connectivity index is 1.99. The summed E-state index contributed by atoms with van der Waals surface area (Å²) in [6.45, 7) is 0.779. The number of sulfonamides is 1. The van der Waals surface area contributed by atoms with Crippen LogP contribution in [0.4, 0.5) is 5.69 Å². The highest BCUT2D eigenvalue weighted by molar-refractivity contribution is 7.89. The van der Waals surface area contributed by atoms with Crippen LogP contribution in [0.15, 0.2) is 47.4 Å². The predicted molar refractivity (Wildman–Crippen MR) is 101 cm³/mol. The van der Waals surface area contributed by atoms with Crippen LogP contribution in [0.3, 0.4) is 0 Å². The Morgan fingerprint density at radius 1 is 1.07 bits per heavy atom. The quantitative estimate of drug-likeness (QED) is 0.580. The van der Waals surface area contributed by atoms with Crippen molar-refractivity contribution >= 4 is 21.6 Å². The van der Waals surface area contributed by atoms with Crippen molar-refractivity contribution in [3.8, 4) is 11.5 Å². The SMILES string of the molecule is NC(=O)c1ccccc1Oc1ccc(S(=O)(=O)N2CCCCC2)cc1[N+](=O)[O-]. The number of nitrogens with two attached hydrogens (primary N) is 1. The molecule has 0 aliphatic carbocycles. The van der Waals surface area contributed by atoms with Crippen LogP contribution in [-0.2, 0) is 10.0 Å². The third kappa shape index (κ3) is 3.97. The van der Waals surface area contributed by atoms with Gasteiger partial charge in [0.05, 0.1) is 15.4 Å². The van der Waals surface area contributed by atoms with Crippen LogP contribution in [-0.4, -0.2) is 36.6 Å². The number of carbonyl (C=O) groups excluding carboxylic acids is 1. The summed E-state index contributed by atoms with van der Waals surface area (Å²) in [4.78, 5) is 22.1. The highest BCUT2D eigenvalue weighted by Gasteiger charge is 2.29. The fourth-order valence-corrected chi connectivity index (χ4v) is 4.56. The second kappa shape index (κ2) is 7.95. The molecule has 0 aromatic heterocycles. The monoisotopic (exact) mass is 405 g/mol. The fourth-order valence-electron chi connectivity index (χ4n) is 3.02. The molecule has 148 valence electrons. The largest absolute Gasteiger partial charge is 0.449 e. The minimum Gasteiger partial charge on any atom is -0.449 e. The number of rotatable bonds is 6. The van der Waals surface area contributed by atoms with Crippen molar-refractivity contribution in [2.75, 3.05) is 13.1 Å². The molecule has 2 N–H and O–H groups in total. The van der Waals surface area contributed by atoms with Gasteiger partial charge in [0.2, 0.25) is 15.8 Å². The van der Waals surface area contributed by atoms with Crippen molar-refractivity contribution in [3.05, 3.63) is 58.1 Å². The Hall–Kier alpha value is -2.98. The molecule has 1 saturated heterocycles. The molecule has 1 aliphatic rings. The van der Waals surface area contributed by atoms with Crippen molar-refractivity contribution in [2.45, 2.75) is 24.2 Å². The van der Waals surface area contributed by atoms with Crippen molar-refractivity contribution < 1.29 is 22.9 Å². The second-order valence-electron chi connectivity index (χ2n) is 6.31. The van der Waals surface area contributed by atoms with E-state index >= 15 is 0 Å². The van der Waals surface area contributed by atoms with Crippen molar-refractivity contribution in [3.63, 3.8) is 0 Å². The number of primary amides is 1. The molecule has 2 aromatic carbocycles. The van der Waals surface area contributed by atoms with Crippen molar-refractivity contribution in [1.82, 2.24) is 4.31 Å². The summed E-state index contributed by atoms with van der Waals surface area (Å²) >= 11 is 0. The molecule has 0 saturated carbocycles. The normalized spacial score (nSPS) is 15.1. The van der Waals surface area contributed by atoms with Gasteiger partial charge in [0, 0.05) is 19.2 Å². The van der Waals surface area contributed by atoms with Gasteiger partial charge in [0.25, 0.3) is 5.91 Å². The topological polar surface area (TPSA) is 133 Å². The van der Waals surface area contributed by atoms with E-state index in [2.05, 4.69) is 0 Å². The number of hydrogen-bond acceptors (Lipinski definition) is 6. The Labute approximate surface area is 161 Å². The number of carbonyl (C=O) groups is 1. The number of piperidine rings is 1. The summed E-state index contributed by atoms with van der Waals surface area (Å²) in [7, 11) is -3.83. The first-order chi connectivity index (χ1) is 13.3. The maximum Gasteiger partial charge on any atom is 0.312 e. The Bertz CT molecular complexity index is 1020. The number of amides is 1. The molecule has 1 fully saturated rings. The van der Waals surface area contributed by atoms with E-state index in [0.29, 0.717) is 13.1 Å². The number of nitro groups is 1. The lowest BCUT2D eigenvalue weighted by molar-refractivity contribution is -0.385. The van der Waals surface area contributed by atoms with E-state index in [1.54, 1.807) is 12.1 Å². The zero-order valence-corrected chi connectivity index (χ0v) is 15.7. The maximum absolute atomic E-state index is 12.8. The molecule has 0 spiro atoms. The Morgan fingerprint density at radius 3 is 2.39 bits per heavy atom. The Morgan fingerprint density at radius 2 is 1.75 bits per heavy atom. The van der Waals surface area contributed by atoms with Gasteiger partial charge in [-0.25, -0.2) is 8.42 Å². The summed E-state index contributed by atoms with van der Waals surface area (Å²) < 4.78 is 32.4. The summed E-state index contributed by atoms with van der Waals surface area (Å²) in [5.41, 5.74) is 4.83. The molecule has 9 nitrogen and oxygen atoms in total. The van der Waals surface area contributed by atoms with Crippen molar-refractivity contribution in [1.29, 1.82) is 0 Å². The van der Waals surface area contributed by atoms with Crippen LogP contribution in [0.5, 0.6) is 11.5 Å². The number of ether oxygens (including phenoxy) is 1. The second-order valence-corrected chi connectivity index (χ2v) is 8.25. The van der Waals surface area contributed by atoms with Crippen LogP contribution in [0.1, 0.15) is 29.6 Å². The number of nitrogens with zero attached hydrogens (tertiary/aromatic N) is 2. The predicted octanol–water partition coefficient (Wildman–Crippen LogP) is 2.66. The molecule has 1 amide bonds. The first-order valence-corrected chi connectivity index (χ1v) is 10.1. The van der Waals surface area contributed by atoms with E-state index in [9.17, 15) is 23.3 Å². The van der Waals surface area contributed by atoms with Gasteiger partial charge in [0.15, 0.2) is 0 Å². The first kappa shape index (κ1) is 19.8. The molecule has 0 atom stereocenters. The van der Waals surface area contributed by atoms with E-state index < -0.39 is 26.5 Å². The molecule has 3 rings (SSSR count). The van der Waals surface area contributed by atoms with E-state index in [0.717, 1.165) is 25.3 Å². The van der Waals surface area contributed by atoms with Crippen LogP contribution in [0, 0.1) is 10.1 Å². The van der Waals surface area contributed by atoms with Crippen LogP contribution in [0.2, 0.25) is 0 Å². The van der Waals surface area contributed by atoms with Crippen LogP contribution >= 0.6 is 0 Å². The standard InChI is InChI=1S/C18H19N3O6S/c19-18(22)14-6-2-3-7-16(14)27-17-9-8-13(12-15(17)21(23)24)28(25,26)20-10-4-1-5-11-20/h2-3,6-9,12H,1,4-5,10-11H2,(H2,19,22). The van der Waals surface area contributed by atoms with E-state index in [1.165, 1.54) is 28.6 Å². The zero-order valence-electron chi connectivity index (χ0n) is 14.9. The molecule has 1 heterocycles. The first-order valence-electron chi connectivity index (χ1n) is 8.66. The molecule has 2 aromatic rings. The molecular weight excluding hydrogens is 386 g/mol. The third-order valence-corrected chi connectivity index (χ3v) is 6.35. The average Bonchev–Trinajstić information content (AvgIpc) is 2.69. The van der Waals surface area contributed by atoms with Gasteiger partial charge in [-0.2, -0.15) is 4.31 Å². The third-order valence-electron chi connectivity index (χ3n) is 4.45. The summed E-state index contributed by atoms with van der Waals surface area (Å²) in [6, 6.07) is 9.50. The smallest absolute Gasteiger partial charge is 0.312 e. The highest BCUT2D eigenvalue weighted by atomic mass is 32.2. The lowest BCUT2D eigenvalue weighted by atomic mass is 10.2. The van der Waals surface area contributed by atoms with Gasteiger partial charge in [0.1, 0.15) is 5.75 Å². The Kier molecular flexibility index (Phi) is 5.61. The molecule has 0 unspecified atom stereocenters. The molecule has 28 heavy (non-hydrogen) atoms. The van der Waals surface area contributed by atoms with Crippen LogP contribution < -0.4 is 10.5 Å². The van der Waals surface area contributed by atoms with Gasteiger partial charge in [-0.15, -0.1) is 0 Å². The lowest BCUT2D eigenvalue weighted by Gasteiger charge is -2.25. The van der Waals surface area contributed by atoms with Gasteiger partial charge in [-0.3, -0.25) is 14.9 Å². The number of nitro benzene ring substituents is 1. The zero-order chi connectivity index (χ0) is 20.3. The minimum atomic E-state index is -3.83. The number of benzene rings is 2. The maximum atomic E-state index is 12.8. The summed E-state index contributed by atoms with van der Waals surface area (Å²) in [6.07, 6.45) is 2.47. The van der Waals surface area contributed by atoms with Crippen molar-refractivity contribution in [2.24, 2.45) is 5.73 Å². The highest BCUT2D eigenvalue weighted by Crippen LogP contribution is 2.35. The van der Waals surface area contributed by atoms with Gasteiger partial charge >= 0.3 is 5.69 Å². The fraction of sp³-hybridized carbons (Fsp3) is 0.278. The summed E-state index contributed by atoms with van der Waals surface area (Å²) in [5.74, 6) is -0.886. The minimum absolute atomic E-state index is 0.0461. The van der Waals surface area contributed by atoms with E-state index in [1.807, 2.05) is 0 Å².